The third kappa shape index (κ3) is 7.32. The lowest BCUT2D eigenvalue weighted by molar-refractivity contribution is -0.141. The van der Waals surface area contributed by atoms with E-state index in [1.165, 1.54) is 4.90 Å². The molecule has 0 spiro atoms. The topological polar surface area (TPSA) is 86.8 Å². The molecule has 0 saturated carbocycles. The fourth-order valence-corrected chi connectivity index (χ4v) is 5.14. The van der Waals surface area contributed by atoms with Gasteiger partial charge in [0.2, 0.25) is 21.8 Å². The molecule has 0 bridgehead atoms. The van der Waals surface area contributed by atoms with Crippen LogP contribution < -0.4 is 9.62 Å². The number of anilines is 1. The molecule has 0 radical (unpaired) electrons. The second kappa shape index (κ2) is 11.3. The first kappa shape index (κ1) is 28.2. The van der Waals surface area contributed by atoms with Crippen molar-refractivity contribution in [3.8, 4) is 0 Å². The molecule has 37 heavy (non-hydrogen) atoms. The average molecular weight is 524 g/mol. The van der Waals surface area contributed by atoms with Gasteiger partial charge in [-0.1, -0.05) is 73.2 Å². The number of nitrogens with zero attached hydrogens (tertiary/aromatic N) is 2. The van der Waals surface area contributed by atoms with Gasteiger partial charge in [-0.05, 0) is 51.1 Å². The lowest BCUT2D eigenvalue weighted by Gasteiger charge is -2.34. The molecular weight excluding hydrogens is 486 g/mol. The van der Waals surface area contributed by atoms with Crippen molar-refractivity contribution >= 4 is 38.3 Å². The molecule has 1 N–H and O–H groups in total. The molecule has 0 aliphatic rings. The number of aryl methyl sites for hydroxylation is 1. The Morgan fingerprint density at radius 3 is 2.16 bits per heavy atom. The van der Waals surface area contributed by atoms with Crippen molar-refractivity contribution < 1.29 is 18.0 Å². The highest BCUT2D eigenvalue weighted by Gasteiger charge is 2.33. The van der Waals surface area contributed by atoms with Gasteiger partial charge in [-0.2, -0.15) is 0 Å². The normalized spacial score (nSPS) is 12.7. The fraction of sp³-hybridized carbons (Fsp3) is 0.379. The fourth-order valence-electron chi connectivity index (χ4n) is 4.28. The summed E-state index contributed by atoms with van der Waals surface area (Å²) in [7, 11) is -3.81. The zero-order chi connectivity index (χ0) is 27.4. The van der Waals surface area contributed by atoms with E-state index in [0.29, 0.717) is 12.1 Å². The van der Waals surface area contributed by atoms with E-state index in [1.807, 2.05) is 89.2 Å². The minimum Gasteiger partial charge on any atom is -0.350 e. The molecule has 0 unspecified atom stereocenters. The predicted octanol–water partition coefficient (Wildman–Crippen LogP) is 4.64. The molecule has 0 heterocycles. The largest absolute Gasteiger partial charge is 0.350 e. The monoisotopic (exact) mass is 523 g/mol. The van der Waals surface area contributed by atoms with Gasteiger partial charge in [-0.15, -0.1) is 0 Å². The summed E-state index contributed by atoms with van der Waals surface area (Å²) in [5.41, 5.74) is 1.89. The predicted molar refractivity (Wildman–Crippen MR) is 150 cm³/mol. The van der Waals surface area contributed by atoms with Crippen LogP contribution in [0.5, 0.6) is 0 Å². The maximum atomic E-state index is 13.9. The number of benzene rings is 3. The molecule has 3 aromatic carbocycles. The van der Waals surface area contributed by atoms with Crippen LogP contribution in [0.3, 0.4) is 0 Å². The standard InChI is InChI=1S/C29H37N3O4S/c1-7-25(28(34)30-29(3,4)5)31(19-22-17-15-21(2)16-18-22)27(33)20-32(37(6,35)36)26-14-10-12-23-11-8-9-13-24(23)26/h8-18,25H,7,19-20H2,1-6H3,(H,30,34)/t25-/m0/s1. The molecule has 0 saturated heterocycles. The van der Waals surface area contributed by atoms with Crippen LogP contribution in [0.25, 0.3) is 10.8 Å². The summed E-state index contributed by atoms with van der Waals surface area (Å²) in [6.45, 7) is 9.25. The summed E-state index contributed by atoms with van der Waals surface area (Å²) in [5.74, 6) is -0.721. The lowest BCUT2D eigenvalue weighted by atomic mass is 10.0. The maximum absolute atomic E-state index is 13.9. The number of hydrogen-bond donors (Lipinski definition) is 1. The first-order chi connectivity index (χ1) is 17.3. The molecule has 3 rings (SSSR count). The quantitative estimate of drug-likeness (QED) is 0.443. The Labute approximate surface area is 220 Å². The van der Waals surface area contributed by atoms with Crippen molar-refractivity contribution in [3.63, 3.8) is 0 Å². The second-order valence-electron chi connectivity index (χ2n) is 10.4. The summed E-state index contributed by atoms with van der Waals surface area (Å²) >= 11 is 0. The van der Waals surface area contributed by atoms with E-state index in [1.54, 1.807) is 12.1 Å². The van der Waals surface area contributed by atoms with E-state index in [4.69, 9.17) is 0 Å². The van der Waals surface area contributed by atoms with Gasteiger partial charge in [0.15, 0.2) is 0 Å². The Bertz CT molecular complexity index is 1360. The molecule has 8 heteroatoms. The summed E-state index contributed by atoms with van der Waals surface area (Å²) in [4.78, 5) is 28.7. The van der Waals surface area contributed by atoms with Gasteiger partial charge in [-0.3, -0.25) is 13.9 Å². The van der Waals surface area contributed by atoms with E-state index in [0.717, 1.165) is 32.5 Å². The Morgan fingerprint density at radius 1 is 0.946 bits per heavy atom. The van der Waals surface area contributed by atoms with Gasteiger partial charge in [-0.25, -0.2) is 8.42 Å². The van der Waals surface area contributed by atoms with Crippen LogP contribution in [0, 0.1) is 6.92 Å². The number of rotatable bonds is 9. The zero-order valence-electron chi connectivity index (χ0n) is 22.5. The first-order valence-corrected chi connectivity index (χ1v) is 14.3. The molecule has 0 aliphatic heterocycles. The third-order valence-corrected chi connectivity index (χ3v) is 7.20. The Balaban J connectivity index is 2.03. The highest BCUT2D eigenvalue weighted by atomic mass is 32.2. The minimum absolute atomic E-state index is 0.183. The van der Waals surface area contributed by atoms with Crippen LogP contribution in [0.1, 0.15) is 45.2 Å². The van der Waals surface area contributed by atoms with E-state index in [2.05, 4.69) is 5.32 Å². The average Bonchev–Trinajstić information content (AvgIpc) is 2.81. The van der Waals surface area contributed by atoms with Gasteiger partial charge in [0.1, 0.15) is 12.6 Å². The Kier molecular flexibility index (Phi) is 8.64. The van der Waals surface area contributed by atoms with E-state index < -0.39 is 34.1 Å². The molecule has 0 aliphatic carbocycles. The Hall–Kier alpha value is -3.39. The van der Waals surface area contributed by atoms with Gasteiger partial charge in [0.25, 0.3) is 0 Å². The number of fused-ring (bicyclic) bond motifs is 1. The summed E-state index contributed by atoms with van der Waals surface area (Å²) < 4.78 is 27.1. The number of carbonyl (C=O) groups is 2. The molecule has 0 fully saturated rings. The van der Waals surface area contributed by atoms with Crippen LogP contribution in [-0.2, 0) is 26.2 Å². The van der Waals surface area contributed by atoms with E-state index >= 15 is 0 Å². The second-order valence-corrected chi connectivity index (χ2v) is 12.3. The molecule has 3 aromatic rings. The smallest absolute Gasteiger partial charge is 0.244 e. The van der Waals surface area contributed by atoms with Crippen molar-refractivity contribution in [2.75, 3.05) is 17.1 Å². The molecule has 1 atom stereocenters. The van der Waals surface area contributed by atoms with Gasteiger partial charge >= 0.3 is 0 Å². The zero-order valence-corrected chi connectivity index (χ0v) is 23.3. The highest BCUT2D eigenvalue weighted by Crippen LogP contribution is 2.29. The summed E-state index contributed by atoms with van der Waals surface area (Å²) in [6.07, 6.45) is 1.47. The van der Waals surface area contributed by atoms with Crippen molar-refractivity contribution in [1.29, 1.82) is 0 Å². The molecule has 0 aromatic heterocycles. The van der Waals surface area contributed by atoms with Crippen molar-refractivity contribution in [2.24, 2.45) is 0 Å². The summed E-state index contributed by atoms with van der Waals surface area (Å²) in [5, 5.41) is 4.57. The van der Waals surface area contributed by atoms with Crippen molar-refractivity contribution in [1.82, 2.24) is 10.2 Å². The van der Waals surface area contributed by atoms with Crippen LogP contribution in [0.2, 0.25) is 0 Å². The third-order valence-electron chi connectivity index (χ3n) is 6.07. The van der Waals surface area contributed by atoms with Crippen LogP contribution in [0.4, 0.5) is 5.69 Å². The molecule has 198 valence electrons. The minimum atomic E-state index is -3.81. The number of hydrogen-bond acceptors (Lipinski definition) is 4. The number of nitrogens with one attached hydrogen (secondary N) is 1. The maximum Gasteiger partial charge on any atom is 0.244 e. The van der Waals surface area contributed by atoms with Gasteiger partial charge in [0, 0.05) is 17.5 Å². The number of carbonyl (C=O) groups excluding carboxylic acids is 2. The molecular formula is C29H37N3O4S. The Morgan fingerprint density at radius 2 is 1.57 bits per heavy atom. The van der Waals surface area contributed by atoms with Crippen LogP contribution in [-0.4, -0.2) is 49.5 Å². The number of sulfonamides is 1. The van der Waals surface area contributed by atoms with Crippen molar-refractivity contribution in [2.45, 2.75) is 59.2 Å². The van der Waals surface area contributed by atoms with E-state index in [-0.39, 0.29) is 12.5 Å². The molecule has 7 nitrogen and oxygen atoms in total. The van der Waals surface area contributed by atoms with Crippen LogP contribution in [0.15, 0.2) is 66.7 Å². The van der Waals surface area contributed by atoms with Crippen LogP contribution >= 0.6 is 0 Å². The first-order valence-electron chi connectivity index (χ1n) is 12.4. The van der Waals surface area contributed by atoms with Gasteiger partial charge in [0.05, 0.1) is 11.9 Å². The van der Waals surface area contributed by atoms with Crippen molar-refractivity contribution in [3.05, 3.63) is 77.9 Å². The number of amides is 2. The SMILES string of the molecule is CC[C@@H](C(=O)NC(C)(C)C)N(Cc1ccc(C)cc1)C(=O)CN(c1cccc2ccccc12)S(C)(=O)=O. The van der Waals surface area contributed by atoms with Gasteiger partial charge < -0.3 is 10.2 Å². The highest BCUT2D eigenvalue weighted by molar-refractivity contribution is 7.92. The van der Waals surface area contributed by atoms with E-state index in [9.17, 15) is 18.0 Å². The summed E-state index contributed by atoms with van der Waals surface area (Å²) in [6, 6.07) is 19.8. The molecule has 2 amide bonds. The lowest BCUT2D eigenvalue weighted by Crippen LogP contribution is -2.55.